The number of aromatic nitrogens is 1. The van der Waals surface area contributed by atoms with E-state index in [4.69, 9.17) is 14.9 Å². The number of nitrogens with one attached hydrogen (secondary N) is 1. The summed E-state index contributed by atoms with van der Waals surface area (Å²) in [7, 11) is -3.38. The molecule has 0 saturated heterocycles. The van der Waals surface area contributed by atoms with Gasteiger partial charge >= 0.3 is 6.03 Å². The number of nitrogens with zero attached hydrogens (tertiary/aromatic N) is 2. The smallest absolute Gasteiger partial charge is 0.354 e. The van der Waals surface area contributed by atoms with Gasteiger partial charge in [0.15, 0.2) is 19.9 Å². The summed E-state index contributed by atoms with van der Waals surface area (Å²) in [4.78, 5) is 17.6. The number of anilines is 1. The maximum absolute atomic E-state index is 13.1. The SMILES string of the molecule is CC1CCc2c1nc1c(c2NC(=O)N=S(N)(=O)c2scc3c2OCCC3)CCC1. The second-order valence-corrected chi connectivity index (χ2v) is 10.9. The number of amides is 2. The van der Waals surface area contributed by atoms with E-state index in [0.29, 0.717) is 22.5 Å². The van der Waals surface area contributed by atoms with Gasteiger partial charge in [-0.2, -0.15) is 0 Å². The lowest BCUT2D eigenvalue weighted by atomic mass is 10.0. The first-order valence-corrected chi connectivity index (χ1v) is 12.5. The second-order valence-electron chi connectivity index (χ2n) is 7.99. The number of carbonyl (C=O) groups is 1. The summed E-state index contributed by atoms with van der Waals surface area (Å²) in [6, 6.07) is -0.669. The van der Waals surface area contributed by atoms with Crippen LogP contribution in [0, 0.1) is 0 Å². The monoisotopic (exact) mass is 432 g/mol. The van der Waals surface area contributed by atoms with Gasteiger partial charge < -0.3 is 10.1 Å². The summed E-state index contributed by atoms with van der Waals surface area (Å²) in [6.07, 6.45) is 6.55. The van der Waals surface area contributed by atoms with Crippen molar-refractivity contribution in [1.29, 1.82) is 0 Å². The fourth-order valence-electron chi connectivity index (χ4n) is 4.57. The number of fused-ring (bicyclic) bond motifs is 3. The summed E-state index contributed by atoms with van der Waals surface area (Å²) in [5.41, 5.74) is 6.16. The molecule has 2 amide bonds. The Labute approximate surface area is 174 Å². The van der Waals surface area contributed by atoms with Gasteiger partial charge in [-0.15, -0.1) is 15.7 Å². The molecule has 2 unspecified atom stereocenters. The molecule has 29 heavy (non-hydrogen) atoms. The van der Waals surface area contributed by atoms with E-state index in [1.807, 2.05) is 5.38 Å². The van der Waals surface area contributed by atoms with Gasteiger partial charge in [0.1, 0.15) is 0 Å². The Bertz CT molecular complexity index is 1130. The summed E-state index contributed by atoms with van der Waals surface area (Å²) in [5.74, 6) is 0.932. The Hall–Kier alpha value is -1.97. The highest BCUT2D eigenvalue weighted by atomic mass is 32.2. The molecule has 1 aliphatic heterocycles. The van der Waals surface area contributed by atoms with Crippen LogP contribution in [0.1, 0.15) is 60.2 Å². The predicted molar refractivity (Wildman–Crippen MR) is 113 cm³/mol. The van der Waals surface area contributed by atoms with Gasteiger partial charge in [-0.05, 0) is 67.4 Å². The maximum Gasteiger partial charge on any atom is 0.354 e. The Balaban J connectivity index is 1.50. The van der Waals surface area contributed by atoms with Crippen LogP contribution in [-0.2, 0) is 35.6 Å². The van der Waals surface area contributed by atoms with Crippen LogP contribution in [0.25, 0.3) is 0 Å². The molecular formula is C20H24N4O3S2. The van der Waals surface area contributed by atoms with Crippen LogP contribution >= 0.6 is 11.3 Å². The third kappa shape index (κ3) is 3.25. The lowest BCUT2D eigenvalue weighted by Crippen LogP contribution is -2.19. The number of thiophene rings is 1. The van der Waals surface area contributed by atoms with Crippen molar-refractivity contribution >= 4 is 33.0 Å². The summed E-state index contributed by atoms with van der Waals surface area (Å²) >= 11 is 1.25. The van der Waals surface area contributed by atoms with Crippen LogP contribution in [0.2, 0.25) is 0 Å². The van der Waals surface area contributed by atoms with Crippen molar-refractivity contribution in [3.05, 3.63) is 33.5 Å². The standard InChI is InChI=1S/C20H24N4O3S2/c1-11-7-8-14-16(11)22-15-6-2-5-13(15)17(14)23-20(25)24-29(21,26)19-18-12(10-28-19)4-3-9-27-18/h10-11H,2-9H2,1H3,(H3,21,22,23,24,25,26). The molecule has 5 rings (SSSR count). The molecule has 9 heteroatoms. The molecule has 0 spiro atoms. The van der Waals surface area contributed by atoms with E-state index in [-0.39, 0.29) is 0 Å². The highest BCUT2D eigenvalue weighted by Crippen LogP contribution is 2.41. The average molecular weight is 433 g/mol. The molecular weight excluding hydrogens is 408 g/mol. The molecule has 0 radical (unpaired) electrons. The van der Waals surface area contributed by atoms with Gasteiger partial charge in [0.25, 0.3) is 0 Å². The first-order valence-electron chi connectivity index (χ1n) is 10.1. The van der Waals surface area contributed by atoms with E-state index >= 15 is 0 Å². The largest absolute Gasteiger partial charge is 0.491 e. The third-order valence-electron chi connectivity index (χ3n) is 5.99. The van der Waals surface area contributed by atoms with Crippen LogP contribution < -0.4 is 15.2 Å². The van der Waals surface area contributed by atoms with Crippen molar-refractivity contribution in [3.8, 4) is 5.75 Å². The molecule has 154 valence electrons. The molecule has 2 atom stereocenters. The van der Waals surface area contributed by atoms with Gasteiger partial charge in [0.2, 0.25) is 0 Å². The van der Waals surface area contributed by atoms with Crippen molar-refractivity contribution in [2.45, 2.75) is 62.0 Å². The molecule has 0 aromatic carbocycles. The third-order valence-corrected chi connectivity index (χ3v) is 8.95. The summed E-state index contributed by atoms with van der Waals surface area (Å²) < 4.78 is 23.0. The van der Waals surface area contributed by atoms with Crippen molar-refractivity contribution in [2.75, 3.05) is 11.9 Å². The number of carbonyl (C=O) groups excluding carboxylic acids is 1. The van der Waals surface area contributed by atoms with Gasteiger partial charge in [-0.1, -0.05) is 6.92 Å². The van der Waals surface area contributed by atoms with E-state index in [1.54, 1.807) is 0 Å². The molecule has 3 aliphatic rings. The Morgan fingerprint density at radius 3 is 3.03 bits per heavy atom. The first-order chi connectivity index (χ1) is 13.9. The first kappa shape index (κ1) is 19.0. The summed E-state index contributed by atoms with van der Waals surface area (Å²) in [6.45, 7) is 2.73. The number of pyridine rings is 1. The zero-order valence-electron chi connectivity index (χ0n) is 16.3. The van der Waals surface area contributed by atoms with Gasteiger partial charge in [-0.25, -0.2) is 14.1 Å². The van der Waals surface area contributed by atoms with E-state index < -0.39 is 15.9 Å². The zero-order valence-corrected chi connectivity index (χ0v) is 18.0. The lowest BCUT2D eigenvalue weighted by molar-refractivity contribution is 0.260. The number of hydrogen-bond donors (Lipinski definition) is 2. The molecule has 3 heterocycles. The number of hydrogen-bond acceptors (Lipinski definition) is 5. The maximum atomic E-state index is 13.1. The van der Waals surface area contributed by atoms with Crippen LogP contribution in [0.4, 0.5) is 10.5 Å². The highest BCUT2D eigenvalue weighted by Gasteiger charge is 2.30. The molecule has 3 N–H and O–H groups in total. The minimum absolute atomic E-state index is 0.348. The van der Waals surface area contributed by atoms with Crippen molar-refractivity contribution < 1.29 is 13.7 Å². The number of urea groups is 1. The minimum atomic E-state index is -3.38. The van der Waals surface area contributed by atoms with E-state index in [1.165, 1.54) is 11.3 Å². The zero-order chi connectivity index (χ0) is 20.2. The van der Waals surface area contributed by atoms with Crippen molar-refractivity contribution in [1.82, 2.24) is 4.98 Å². The van der Waals surface area contributed by atoms with E-state index in [9.17, 15) is 9.00 Å². The number of aryl methyl sites for hydroxylation is 2. The Morgan fingerprint density at radius 1 is 1.31 bits per heavy atom. The van der Waals surface area contributed by atoms with Gasteiger partial charge in [-0.3, -0.25) is 4.98 Å². The average Bonchev–Trinajstić information content (AvgIpc) is 3.40. The number of rotatable bonds is 2. The summed E-state index contributed by atoms with van der Waals surface area (Å²) in [5, 5.41) is 10.8. The predicted octanol–water partition coefficient (Wildman–Crippen LogP) is 3.94. The van der Waals surface area contributed by atoms with Gasteiger partial charge in [0.05, 0.1) is 12.3 Å². The van der Waals surface area contributed by atoms with E-state index in [2.05, 4.69) is 16.6 Å². The fourth-order valence-corrected chi connectivity index (χ4v) is 6.98. The van der Waals surface area contributed by atoms with Crippen LogP contribution in [0.5, 0.6) is 5.75 Å². The lowest BCUT2D eigenvalue weighted by Gasteiger charge is -2.16. The van der Waals surface area contributed by atoms with E-state index in [0.717, 1.165) is 78.7 Å². The minimum Gasteiger partial charge on any atom is -0.491 e. The fraction of sp³-hybridized carbons (Fsp3) is 0.500. The normalized spacial score (nSPS) is 21.5. The molecule has 2 aromatic rings. The quantitative estimate of drug-likeness (QED) is 0.749. The molecule has 0 saturated carbocycles. The molecule has 2 aliphatic carbocycles. The second kappa shape index (κ2) is 7.07. The number of ether oxygens (including phenoxy) is 1. The van der Waals surface area contributed by atoms with Gasteiger partial charge in [0, 0.05) is 17.0 Å². The van der Waals surface area contributed by atoms with Crippen LogP contribution in [-0.4, -0.2) is 21.8 Å². The highest BCUT2D eigenvalue weighted by molar-refractivity contribution is 7.93. The molecule has 0 bridgehead atoms. The molecule has 0 fully saturated rings. The molecule has 2 aromatic heterocycles. The van der Waals surface area contributed by atoms with Crippen LogP contribution in [0.15, 0.2) is 14.0 Å². The Morgan fingerprint density at radius 2 is 2.17 bits per heavy atom. The number of nitrogens with two attached hydrogens (primary N) is 1. The van der Waals surface area contributed by atoms with Crippen LogP contribution in [0.3, 0.4) is 0 Å². The van der Waals surface area contributed by atoms with Crippen molar-refractivity contribution in [3.63, 3.8) is 0 Å². The topological polar surface area (TPSA) is 107 Å². The Kier molecular flexibility index (Phi) is 4.64. The molecule has 7 nitrogen and oxygen atoms in total. The van der Waals surface area contributed by atoms with Crippen molar-refractivity contribution in [2.24, 2.45) is 9.50 Å².